The molecular formula is C7H12N3OPS. The van der Waals surface area contributed by atoms with Crippen molar-refractivity contribution >= 4 is 27.5 Å². The van der Waals surface area contributed by atoms with Crippen molar-refractivity contribution < 1.29 is 4.55 Å². The minimum atomic E-state index is -1.16. The maximum Gasteiger partial charge on any atom is 0.190 e. The van der Waals surface area contributed by atoms with E-state index in [1.807, 2.05) is 24.3 Å². The predicted molar refractivity (Wildman–Crippen MR) is 59.7 cm³/mol. The molecular weight excluding hydrogens is 205 g/mol. The standard InChI is InChI=1S/C7H6N2OS.H3N.H3P/c10-11-7-4-2-1-3-6(7)5-8-9-11;;/h1-5,9H;2*1H3. The molecule has 1 heterocycles. The number of hydrogen-bond donors (Lipinski definition) is 2. The summed E-state index contributed by atoms with van der Waals surface area (Å²) in [6.07, 6.45) is 1.66. The fraction of sp³-hybridized carbons (Fsp3) is 0. The Bertz CT molecular complexity index is 308. The van der Waals surface area contributed by atoms with E-state index in [0.717, 1.165) is 10.5 Å². The first kappa shape index (κ1) is 12.4. The van der Waals surface area contributed by atoms with Gasteiger partial charge in [0.25, 0.3) is 0 Å². The summed E-state index contributed by atoms with van der Waals surface area (Å²) in [5, 5.41) is 3.72. The zero-order valence-electron chi connectivity index (χ0n) is 7.06. The SMILES string of the molecule is N.P.[O-][S+]1NN=Cc2ccccc21. The van der Waals surface area contributed by atoms with Gasteiger partial charge in [0.2, 0.25) is 0 Å². The minimum Gasteiger partial charge on any atom is -0.587 e. The van der Waals surface area contributed by atoms with Crippen molar-refractivity contribution in [3.8, 4) is 0 Å². The number of benzene rings is 1. The van der Waals surface area contributed by atoms with Gasteiger partial charge in [0.05, 0.1) is 11.8 Å². The van der Waals surface area contributed by atoms with Crippen LogP contribution in [-0.2, 0) is 11.4 Å². The molecule has 4 nitrogen and oxygen atoms in total. The van der Waals surface area contributed by atoms with Crippen LogP contribution >= 0.6 is 9.90 Å². The molecule has 0 bridgehead atoms. The lowest BCUT2D eigenvalue weighted by Gasteiger charge is -2.12. The van der Waals surface area contributed by atoms with E-state index in [1.54, 1.807) is 6.21 Å². The second-order valence-electron chi connectivity index (χ2n) is 2.16. The zero-order valence-corrected chi connectivity index (χ0v) is 9.30. The summed E-state index contributed by atoms with van der Waals surface area (Å²) < 4.78 is 11.2. The van der Waals surface area contributed by atoms with Crippen molar-refractivity contribution in [2.45, 2.75) is 4.90 Å². The molecule has 2 unspecified atom stereocenters. The third-order valence-corrected chi connectivity index (χ3v) is 2.50. The molecule has 2 atom stereocenters. The largest absolute Gasteiger partial charge is 0.587 e. The van der Waals surface area contributed by atoms with Gasteiger partial charge >= 0.3 is 0 Å². The molecule has 0 saturated carbocycles. The van der Waals surface area contributed by atoms with Gasteiger partial charge in [-0.3, -0.25) is 0 Å². The van der Waals surface area contributed by atoms with Crippen LogP contribution in [0.1, 0.15) is 5.56 Å². The van der Waals surface area contributed by atoms with Crippen LogP contribution in [0.5, 0.6) is 0 Å². The fourth-order valence-corrected chi connectivity index (χ4v) is 1.73. The van der Waals surface area contributed by atoms with E-state index in [4.69, 9.17) is 0 Å². The van der Waals surface area contributed by atoms with Crippen LogP contribution in [0.4, 0.5) is 0 Å². The highest BCUT2D eigenvalue weighted by molar-refractivity contribution is 7.89. The Morgan fingerprint density at radius 1 is 1.31 bits per heavy atom. The van der Waals surface area contributed by atoms with Crippen LogP contribution in [-0.4, -0.2) is 10.8 Å². The number of nitrogens with zero attached hydrogens (tertiary/aromatic N) is 1. The third kappa shape index (κ3) is 2.42. The average Bonchev–Trinajstić information content (AvgIpc) is 2.06. The number of fused-ring (bicyclic) bond motifs is 1. The smallest absolute Gasteiger partial charge is 0.190 e. The van der Waals surface area contributed by atoms with Gasteiger partial charge in [-0.2, -0.15) is 9.90 Å². The highest BCUT2D eigenvalue weighted by Gasteiger charge is 2.17. The van der Waals surface area contributed by atoms with Crippen LogP contribution in [0.3, 0.4) is 0 Å². The summed E-state index contributed by atoms with van der Waals surface area (Å²) in [6, 6.07) is 7.46. The van der Waals surface area contributed by atoms with Gasteiger partial charge in [-0.15, -0.1) is 9.93 Å². The van der Waals surface area contributed by atoms with E-state index < -0.39 is 11.4 Å². The maximum atomic E-state index is 11.2. The molecule has 0 saturated heterocycles. The molecule has 4 N–H and O–H groups in total. The number of hydrogen-bond acceptors (Lipinski definition) is 4. The van der Waals surface area contributed by atoms with E-state index in [-0.39, 0.29) is 16.0 Å². The van der Waals surface area contributed by atoms with Crippen LogP contribution in [0, 0.1) is 0 Å². The lowest BCUT2D eigenvalue weighted by atomic mass is 10.2. The first-order chi connectivity index (χ1) is 5.38. The Balaban J connectivity index is 0.000000720. The quantitative estimate of drug-likeness (QED) is 0.499. The molecule has 1 aliphatic rings. The normalized spacial score (nSPS) is 17.5. The van der Waals surface area contributed by atoms with Gasteiger partial charge < -0.3 is 10.7 Å². The fourth-order valence-electron chi connectivity index (χ4n) is 0.949. The highest BCUT2D eigenvalue weighted by Crippen LogP contribution is 2.15. The molecule has 0 aliphatic carbocycles. The molecule has 0 amide bonds. The van der Waals surface area contributed by atoms with Gasteiger partial charge in [0.15, 0.2) is 4.90 Å². The van der Waals surface area contributed by atoms with Crippen molar-refractivity contribution in [1.29, 1.82) is 0 Å². The van der Waals surface area contributed by atoms with Crippen LogP contribution in [0.2, 0.25) is 0 Å². The van der Waals surface area contributed by atoms with E-state index in [0.29, 0.717) is 0 Å². The lowest BCUT2D eigenvalue weighted by molar-refractivity contribution is 0.582. The van der Waals surface area contributed by atoms with Crippen molar-refractivity contribution in [3.63, 3.8) is 0 Å². The van der Waals surface area contributed by atoms with E-state index >= 15 is 0 Å². The summed E-state index contributed by atoms with van der Waals surface area (Å²) in [7, 11) is 0. The average molecular weight is 217 g/mol. The minimum absolute atomic E-state index is 0. The second kappa shape index (κ2) is 5.19. The molecule has 1 aromatic rings. The Labute approximate surface area is 83.3 Å². The van der Waals surface area contributed by atoms with Crippen LogP contribution < -0.4 is 11.0 Å². The lowest BCUT2D eigenvalue weighted by Crippen LogP contribution is -2.23. The molecule has 0 radical (unpaired) electrons. The third-order valence-electron chi connectivity index (χ3n) is 1.46. The molecule has 1 aromatic carbocycles. The van der Waals surface area contributed by atoms with Crippen molar-refractivity contribution in [2.24, 2.45) is 5.10 Å². The first-order valence-corrected chi connectivity index (χ1v) is 4.32. The molecule has 0 aromatic heterocycles. The molecule has 13 heavy (non-hydrogen) atoms. The Morgan fingerprint density at radius 3 is 2.69 bits per heavy atom. The first-order valence-electron chi connectivity index (χ1n) is 3.17. The summed E-state index contributed by atoms with van der Waals surface area (Å²) >= 11 is -1.16. The Morgan fingerprint density at radius 2 is 2.00 bits per heavy atom. The summed E-state index contributed by atoms with van der Waals surface area (Å²) in [5.74, 6) is 0. The van der Waals surface area contributed by atoms with Crippen LogP contribution in [0.25, 0.3) is 0 Å². The van der Waals surface area contributed by atoms with Crippen molar-refractivity contribution in [3.05, 3.63) is 29.8 Å². The summed E-state index contributed by atoms with van der Waals surface area (Å²) in [6.45, 7) is 0. The molecule has 6 heteroatoms. The van der Waals surface area contributed by atoms with E-state index in [1.165, 1.54) is 0 Å². The van der Waals surface area contributed by atoms with Gasteiger partial charge in [0.1, 0.15) is 11.4 Å². The topological polar surface area (TPSA) is 82.5 Å². The molecule has 2 rings (SSSR count). The molecule has 0 spiro atoms. The highest BCUT2D eigenvalue weighted by atomic mass is 32.2. The van der Waals surface area contributed by atoms with Gasteiger partial charge in [0, 0.05) is 0 Å². The predicted octanol–water partition coefficient (Wildman–Crippen LogP) is 0.866. The second-order valence-corrected chi connectivity index (χ2v) is 3.32. The van der Waals surface area contributed by atoms with Crippen molar-refractivity contribution in [1.82, 2.24) is 11.0 Å². The maximum absolute atomic E-state index is 11.2. The van der Waals surface area contributed by atoms with Gasteiger partial charge in [-0.1, -0.05) is 12.1 Å². The Hall–Kier alpha value is -0.610. The van der Waals surface area contributed by atoms with Gasteiger partial charge in [-0.25, -0.2) is 0 Å². The summed E-state index contributed by atoms with van der Waals surface area (Å²) in [5.41, 5.74) is 0.921. The Kier molecular flexibility index (Phi) is 4.95. The monoisotopic (exact) mass is 217 g/mol. The van der Waals surface area contributed by atoms with Crippen LogP contribution in [0.15, 0.2) is 34.3 Å². The number of hydrazone groups is 1. The summed E-state index contributed by atoms with van der Waals surface area (Å²) in [4.78, 5) is 3.27. The van der Waals surface area contributed by atoms with E-state index in [9.17, 15) is 4.55 Å². The number of nitrogens with one attached hydrogen (secondary N) is 1. The molecule has 72 valence electrons. The zero-order chi connectivity index (χ0) is 7.68. The van der Waals surface area contributed by atoms with E-state index in [2.05, 4.69) is 9.93 Å². The van der Waals surface area contributed by atoms with Crippen molar-refractivity contribution in [2.75, 3.05) is 0 Å². The molecule has 1 aliphatic heterocycles. The van der Waals surface area contributed by atoms with Gasteiger partial charge in [-0.05, 0) is 12.1 Å². The molecule has 0 fully saturated rings. The number of rotatable bonds is 0.